The molecule has 0 spiro atoms. The summed E-state index contributed by atoms with van der Waals surface area (Å²) >= 11 is 0. The number of aryl methyl sites for hydroxylation is 2. The van der Waals surface area contributed by atoms with Crippen LogP contribution < -0.4 is 9.80 Å². The minimum atomic E-state index is -0.344. The molecule has 136 valence electrons. The predicted molar refractivity (Wildman–Crippen MR) is 107 cm³/mol. The number of carbonyl (C=O) groups is 1. The summed E-state index contributed by atoms with van der Waals surface area (Å²) in [7, 11) is 1.39. The predicted octanol–water partition coefficient (Wildman–Crippen LogP) is 3.75. The maximum Gasteiger partial charge on any atom is 0.338 e. The van der Waals surface area contributed by atoms with Crippen molar-refractivity contribution in [3.05, 3.63) is 53.1 Å². The van der Waals surface area contributed by atoms with Gasteiger partial charge in [-0.25, -0.2) is 4.79 Å². The molecule has 5 nitrogen and oxygen atoms in total. The van der Waals surface area contributed by atoms with Crippen LogP contribution in [-0.4, -0.2) is 46.0 Å². The minimum absolute atomic E-state index is 0.344. The van der Waals surface area contributed by atoms with Gasteiger partial charge in [0.05, 0.1) is 24.0 Å². The molecule has 1 aliphatic heterocycles. The number of methoxy groups -OCH3 is 1. The summed E-state index contributed by atoms with van der Waals surface area (Å²) in [6.45, 7) is 11.4. The molecular weight excluding hydrogens is 326 g/mol. The fourth-order valence-corrected chi connectivity index (χ4v) is 3.50. The van der Waals surface area contributed by atoms with Crippen LogP contribution in [0.3, 0.4) is 0 Å². The average molecular weight is 351 g/mol. The monoisotopic (exact) mass is 351 g/mol. The highest BCUT2D eigenvalue weighted by molar-refractivity contribution is 5.94. The summed E-state index contributed by atoms with van der Waals surface area (Å²) in [6, 6.07) is 12.3. The molecule has 5 heteroatoms. The molecule has 0 N–H and O–H groups in total. The molecule has 0 bridgehead atoms. The van der Waals surface area contributed by atoms with Crippen molar-refractivity contribution in [2.24, 2.45) is 4.99 Å². The number of nitrogens with zero attached hydrogens (tertiary/aromatic N) is 3. The fraction of sp³-hybridized carbons (Fsp3) is 0.333. The first-order valence-corrected chi connectivity index (χ1v) is 8.80. The Morgan fingerprint density at radius 3 is 2.19 bits per heavy atom. The van der Waals surface area contributed by atoms with Crippen molar-refractivity contribution < 1.29 is 9.53 Å². The van der Waals surface area contributed by atoms with E-state index in [1.54, 1.807) is 6.07 Å². The van der Waals surface area contributed by atoms with Gasteiger partial charge in [-0.05, 0) is 49.9 Å². The van der Waals surface area contributed by atoms with E-state index < -0.39 is 0 Å². The number of esters is 1. The van der Waals surface area contributed by atoms with Crippen molar-refractivity contribution in [2.75, 3.05) is 43.1 Å². The Hall–Kier alpha value is -2.82. The Morgan fingerprint density at radius 2 is 1.62 bits per heavy atom. The third kappa shape index (κ3) is 3.43. The number of rotatable bonds is 4. The molecule has 0 atom stereocenters. The summed E-state index contributed by atoms with van der Waals surface area (Å²) in [5.74, 6) is -0.344. The zero-order valence-corrected chi connectivity index (χ0v) is 15.7. The zero-order chi connectivity index (χ0) is 18.7. The van der Waals surface area contributed by atoms with Gasteiger partial charge in [-0.15, -0.1) is 0 Å². The van der Waals surface area contributed by atoms with Crippen LogP contribution in [-0.2, 0) is 4.74 Å². The molecule has 1 fully saturated rings. The van der Waals surface area contributed by atoms with E-state index in [4.69, 9.17) is 4.74 Å². The number of hydrogen-bond donors (Lipinski definition) is 0. The third-order valence-electron chi connectivity index (χ3n) is 4.97. The number of carbonyl (C=O) groups excluding carboxylic acids is 1. The van der Waals surface area contributed by atoms with Gasteiger partial charge in [0.2, 0.25) is 0 Å². The first-order valence-electron chi connectivity index (χ1n) is 8.80. The molecule has 0 aromatic heterocycles. The molecule has 0 amide bonds. The molecule has 1 heterocycles. The zero-order valence-electron chi connectivity index (χ0n) is 15.7. The number of aliphatic imine (C=N–C) groups is 1. The molecular formula is C21H25N3O2. The maximum absolute atomic E-state index is 11.9. The van der Waals surface area contributed by atoms with Crippen LogP contribution in [0.4, 0.5) is 17.1 Å². The highest BCUT2D eigenvalue weighted by Gasteiger charge is 2.22. The minimum Gasteiger partial charge on any atom is -0.465 e. The maximum atomic E-state index is 11.9. The van der Waals surface area contributed by atoms with Gasteiger partial charge in [-0.1, -0.05) is 18.2 Å². The van der Waals surface area contributed by atoms with Crippen LogP contribution in [0, 0.1) is 13.8 Å². The van der Waals surface area contributed by atoms with Crippen LogP contribution >= 0.6 is 0 Å². The fourth-order valence-electron chi connectivity index (χ4n) is 3.50. The van der Waals surface area contributed by atoms with E-state index in [0.29, 0.717) is 5.56 Å². The molecule has 0 saturated carbocycles. The topological polar surface area (TPSA) is 45.1 Å². The Morgan fingerprint density at radius 1 is 1.00 bits per heavy atom. The van der Waals surface area contributed by atoms with Crippen molar-refractivity contribution in [3.63, 3.8) is 0 Å². The van der Waals surface area contributed by atoms with Crippen molar-refractivity contribution in [3.8, 4) is 0 Å². The number of ether oxygens (including phenoxy) is 1. The van der Waals surface area contributed by atoms with Crippen molar-refractivity contribution in [1.82, 2.24) is 0 Å². The lowest BCUT2D eigenvalue weighted by Crippen LogP contribution is -2.46. The first kappa shape index (κ1) is 18.0. The summed E-state index contributed by atoms with van der Waals surface area (Å²) in [5, 5.41) is 0. The second kappa shape index (κ2) is 7.60. The molecule has 26 heavy (non-hydrogen) atoms. The Balaban J connectivity index is 1.81. The molecule has 1 saturated heterocycles. The second-order valence-electron chi connectivity index (χ2n) is 6.57. The van der Waals surface area contributed by atoms with E-state index in [2.05, 4.69) is 52.7 Å². The summed E-state index contributed by atoms with van der Waals surface area (Å²) in [5.41, 5.74) is 5.77. The van der Waals surface area contributed by atoms with E-state index in [0.717, 1.165) is 43.1 Å². The van der Waals surface area contributed by atoms with Gasteiger partial charge >= 0.3 is 5.97 Å². The highest BCUT2D eigenvalue weighted by Crippen LogP contribution is 2.33. The standard InChI is InChI=1S/C21H25N3O2/c1-15-7-5-6-8-19(15)23-9-11-24(12-10-23)20-13-16(2)17(21(25)26-4)14-18(20)22-3/h5-8,13-14H,3,9-12H2,1-2,4H3. The SMILES string of the molecule is C=Nc1cc(C(=O)OC)c(C)cc1N1CCN(c2ccccc2C)CC1. The van der Waals surface area contributed by atoms with Gasteiger partial charge in [-0.2, -0.15) is 0 Å². The molecule has 2 aromatic carbocycles. The molecule has 1 aliphatic rings. The van der Waals surface area contributed by atoms with E-state index in [-0.39, 0.29) is 5.97 Å². The van der Waals surface area contributed by atoms with Gasteiger partial charge in [0.1, 0.15) is 0 Å². The Labute approximate surface area is 154 Å². The van der Waals surface area contributed by atoms with Crippen LogP contribution in [0.2, 0.25) is 0 Å². The molecule has 0 unspecified atom stereocenters. The van der Waals surface area contributed by atoms with Gasteiger partial charge in [0, 0.05) is 31.9 Å². The summed E-state index contributed by atoms with van der Waals surface area (Å²) in [4.78, 5) is 20.8. The molecule has 3 rings (SSSR count). The lowest BCUT2D eigenvalue weighted by Gasteiger charge is -2.38. The molecule has 0 aliphatic carbocycles. The summed E-state index contributed by atoms with van der Waals surface area (Å²) < 4.78 is 4.85. The third-order valence-corrected chi connectivity index (χ3v) is 4.97. The molecule has 0 radical (unpaired) electrons. The number of piperazine rings is 1. The highest BCUT2D eigenvalue weighted by atomic mass is 16.5. The number of benzene rings is 2. The Bertz CT molecular complexity index is 824. The lowest BCUT2D eigenvalue weighted by molar-refractivity contribution is 0.0600. The van der Waals surface area contributed by atoms with E-state index in [1.807, 2.05) is 13.0 Å². The van der Waals surface area contributed by atoms with Gasteiger partial charge < -0.3 is 14.5 Å². The van der Waals surface area contributed by atoms with Crippen molar-refractivity contribution in [1.29, 1.82) is 0 Å². The number of hydrogen-bond acceptors (Lipinski definition) is 5. The van der Waals surface area contributed by atoms with Crippen molar-refractivity contribution in [2.45, 2.75) is 13.8 Å². The molecule has 2 aromatic rings. The van der Waals surface area contributed by atoms with Crippen LogP contribution in [0.15, 0.2) is 41.4 Å². The van der Waals surface area contributed by atoms with Crippen molar-refractivity contribution >= 4 is 29.7 Å². The van der Waals surface area contributed by atoms with E-state index >= 15 is 0 Å². The number of anilines is 2. The van der Waals surface area contributed by atoms with Gasteiger partial charge in [-0.3, -0.25) is 4.99 Å². The average Bonchev–Trinajstić information content (AvgIpc) is 2.67. The lowest BCUT2D eigenvalue weighted by atomic mass is 10.0. The van der Waals surface area contributed by atoms with Gasteiger partial charge in [0.25, 0.3) is 0 Å². The van der Waals surface area contributed by atoms with Crippen LogP contribution in [0.25, 0.3) is 0 Å². The summed E-state index contributed by atoms with van der Waals surface area (Å²) in [6.07, 6.45) is 0. The van der Waals surface area contributed by atoms with E-state index in [1.165, 1.54) is 18.4 Å². The Kier molecular flexibility index (Phi) is 5.26. The normalized spacial score (nSPS) is 14.3. The largest absolute Gasteiger partial charge is 0.465 e. The quantitative estimate of drug-likeness (QED) is 0.622. The first-order chi connectivity index (χ1) is 12.5. The van der Waals surface area contributed by atoms with Gasteiger partial charge in [0.15, 0.2) is 0 Å². The van der Waals surface area contributed by atoms with Crippen LogP contribution in [0.1, 0.15) is 21.5 Å². The van der Waals surface area contributed by atoms with E-state index in [9.17, 15) is 4.79 Å². The second-order valence-corrected chi connectivity index (χ2v) is 6.57. The number of para-hydroxylation sites is 1. The smallest absolute Gasteiger partial charge is 0.338 e. The van der Waals surface area contributed by atoms with Crippen LogP contribution in [0.5, 0.6) is 0 Å².